The van der Waals surface area contributed by atoms with Crippen LogP contribution in [-0.4, -0.2) is 29.1 Å². The Hall–Kier alpha value is -2.62. The number of aromatic nitrogens is 1. The fourth-order valence-corrected chi connectivity index (χ4v) is 3.69. The zero-order valence-corrected chi connectivity index (χ0v) is 14.2. The van der Waals surface area contributed by atoms with Crippen LogP contribution in [0, 0.1) is 0 Å². The van der Waals surface area contributed by atoms with Gasteiger partial charge >= 0.3 is 0 Å². The number of rotatable bonds is 3. The summed E-state index contributed by atoms with van der Waals surface area (Å²) in [5.41, 5.74) is 2.80. The van der Waals surface area contributed by atoms with E-state index in [0.717, 1.165) is 49.0 Å². The second kappa shape index (κ2) is 7.09. The van der Waals surface area contributed by atoms with Gasteiger partial charge in [0.25, 0.3) is 0 Å². The van der Waals surface area contributed by atoms with Crippen LogP contribution < -0.4 is 0 Å². The molecule has 0 N–H and O–H groups in total. The second-order valence-electron chi connectivity index (χ2n) is 6.75. The lowest BCUT2D eigenvalue weighted by Crippen LogP contribution is -2.35. The van der Waals surface area contributed by atoms with E-state index < -0.39 is 0 Å². The van der Waals surface area contributed by atoms with Gasteiger partial charge in [-0.2, -0.15) is 0 Å². The molecule has 2 aromatic carbocycles. The molecule has 4 nitrogen and oxygen atoms in total. The van der Waals surface area contributed by atoms with E-state index in [9.17, 15) is 4.79 Å². The summed E-state index contributed by atoms with van der Waals surface area (Å²) in [6.07, 6.45) is 3.67. The number of carbonyl (C=O) groups excluding carboxylic acids is 1. The fraction of sp³-hybridized carbons (Fsp3) is 0.333. The molecule has 1 aromatic heterocycles. The monoisotopic (exact) mass is 334 g/mol. The molecular weight excluding hydrogens is 312 g/mol. The van der Waals surface area contributed by atoms with Crippen LogP contribution in [0.3, 0.4) is 0 Å². The average Bonchev–Trinajstić information content (AvgIpc) is 2.90. The van der Waals surface area contributed by atoms with Crippen molar-refractivity contribution in [1.82, 2.24) is 10.1 Å². The van der Waals surface area contributed by atoms with Crippen LogP contribution in [0.5, 0.6) is 0 Å². The number of carbonyl (C=O) groups is 1. The van der Waals surface area contributed by atoms with Crippen LogP contribution in [0.4, 0.5) is 0 Å². The van der Waals surface area contributed by atoms with Crippen molar-refractivity contribution < 1.29 is 9.32 Å². The normalized spacial score (nSPS) is 18.2. The molecule has 1 amide bonds. The summed E-state index contributed by atoms with van der Waals surface area (Å²) < 4.78 is 5.33. The van der Waals surface area contributed by atoms with Gasteiger partial charge in [0.2, 0.25) is 5.91 Å². The number of hydrogen-bond donors (Lipinski definition) is 0. The molecule has 1 unspecified atom stereocenters. The van der Waals surface area contributed by atoms with E-state index in [-0.39, 0.29) is 5.91 Å². The Kier molecular flexibility index (Phi) is 4.51. The lowest BCUT2D eigenvalue weighted by molar-refractivity contribution is -0.130. The van der Waals surface area contributed by atoms with E-state index in [1.807, 2.05) is 35.2 Å². The van der Waals surface area contributed by atoms with Gasteiger partial charge in [-0.05, 0) is 30.5 Å². The van der Waals surface area contributed by atoms with Gasteiger partial charge in [-0.3, -0.25) is 4.79 Å². The minimum atomic E-state index is 0.141. The molecule has 1 saturated heterocycles. The number of fused-ring (bicyclic) bond motifs is 1. The molecule has 0 spiro atoms. The van der Waals surface area contributed by atoms with E-state index in [0.29, 0.717) is 12.3 Å². The molecule has 0 saturated carbocycles. The highest BCUT2D eigenvalue weighted by Gasteiger charge is 2.24. The van der Waals surface area contributed by atoms with Gasteiger partial charge in [0, 0.05) is 24.4 Å². The molecule has 3 aromatic rings. The van der Waals surface area contributed by atoms with Gasteiger partial charge in [-0.15, -0.1) is 0 Å². The summed E-state index contributed by atoms with van der Waals surface area (Å²) in [4.78, 5) is 14.9. The molecule has 1 aliphatic heterocycles. The number of likely N-dealkylation sites (tertiary alicyclic amines) is 1. The van der Waals surface area contributed by atoms with Crippen LogP contribution >= 0.6 is 0 Å². The van der Waals surface area contributed by atoms with Crippen LogP contribution in [0.25, 0.3) is 11.0 Å². The summed E-state index contributed by atoms with van der Waals surface area (Å²) in [6.45, 7) is 1.62. The average molecular weight is 334 g/mol. The van der Waals surface area contributed by atoms with E-state index >= 15 is 0 Å². The highest BCUT2D eigenvalue weighted by molar-refractivity contribution is 5.86. The third-order valence-electron chi connectivity index (χ3n) is 5.07. The van der Waals surface area contributed by atoms with Crippen molar-refractivity contribution in [3.8, 4) is 0 Å². The Balaban J connectivity index is 1.50. The van der Waals surface area contributed by atoms with Crippen molar-refractivity contribution in [2.75, 3.05) is 13.1 Å². The Morgan fingerprint density at radius 3 is 2.76 bits per heavy atom. The largest absolute Gasteiger partial charge is 0.356 e. The lowest BCUT2D eigenvalue weighted by atomic mass is 9.94. The van der Waals surface area contributed by atoms with E-state index in [2.05, 4.69) is 29.4 Å². The van der Waals surface area contributed by atoms with Crippen molar-refractivity contribution in [3.05, 3.63) is 65.9 Å². The van der Waals surface area contributed by atoms with Gasteiger partial charge in [0.1, 0.15) is 5.69 Å². The molecule has 0 aliphatic carbocycles. The minimum absolute atomic E-state index is 0.141. The number of hydrogen-bond acceptors (Lipinski definition) is 3. The van der Waals surface area contributed by atoms with E-state index in [1.165, 1.54) is 5.56 Å². The van der Waals surface area contributed by atoms with Crippen molar-refractivity contribution in [1.29, 1.82) is 0 Å². The Labute approximate surface area is 147 Å². The van der Waals surface area contributed by atoms with Gasteiger partial charge in [-0.25, -0.2) is 0 Å². The Morgan fingerprint density at radius 2 is 1.88 bits per heavy atom. The molecule has 1 aliphatic rings. The molecule has 4 heteroatoms. The molecule has 1 fully saturated rings. The quantitative estimate of drug-likeness (QED) is 0.722. The van der Waals surface area contributed by atoms with Gasteiger partial charge in [-0.1, -0.05) is 54.0 Å². The molecular formula is C21H22N2O2. The molecule has 128 valence electrons. The van der Waals surface area contributed by atoms with Gasteiger partial charge in [0.15, 0.2) is 5.58 Å². The molecule has 2 heterocycles. The van der Waals surface area contributed by atoms with Crippen LogP contribution in [-0.2, 0) is 11.2 Å². The highest BCUT2D eigenvalue weighted by atomic mass is 16.5. The predicted molar refractivity (Wildman–Crippen MR) is 97.3 cm³/mol. The van der Waals surface area contributed by atoms with E-state index in [1.54, 1.807) is 0 Å². The first-order valence-electron chi connectivity index (χ1n) is 8.97. The maximum Gasteiger partial charge on any atom is 0.228 e. The highest BCUT2D eigenvalue weighted by Crippen LogP contribution is 2.27. The summed E-state index contributed by atoms with van der Waals surface area (Å²) in [5.74, 6) is 0.559. The Morgan fingerprint density at radius 1 is 1.08 bits per heavy atom. The topological polar surface area (TPSA) is 46.3 Å². The van der Waals surface area contributed by atoms with Crippen molar-refractivity contribution >= 4 is 16.9 Å². The lowest BCUT2D eigenvalue weighted by Gasteiger charge is -2.24. The maximum absolute atomic E-state index is 12.9. The molecule has 0 radical (unpaired) electrons. The second-order valence-corrected chi connectivity index (χ2v) is 6.75. The number of amides is 1. The first kappa shape index (κ1) is 15.9. The standard InChI is InChI=1S/C21H22N2O2/c24-21(14-19-18-11-4-5-12-20(18)25-22-19)23-13-7-6-10-17(15-23)16-8-2-1-3-9-16/h1-5,8-9,11-12,17H,6-7,10,13-15H2. The predicted octanol–water partition coefficient (Wildman–Crippen LogP) is 4.17. The molecule has 25 heavy (non-hydrogen) atoms. The summed E-state index contributed by atoms with van der Waals surface area (Å²) >= 11 is 0. The van der Waals surface area contributed by atoms with Crippen molar-refractivity contribution in [2.24, 2.45) is 0 Å². The van der Waals surface area contributed by atoms with Crippen molar-refractivity contribution in [3.63, 3.8) is 0 Å². The molecule has 0 bridgehead atoms. The zero-order chi connectivity index (χ0) is 17.1. The third kappa shape index (κ3) is 3.43. The SMILES string of the molecule is O=C(Cc1noc2ccccc12)N1CCCCC(c2ccccc2)C1. The molecule has 4 rings (SSSR count). The van der Waals surface area contributed by atoms with Gasteiger partial charge < -0.3 is 9.42 Å². The maximum atomic E-state index is 12.9. The van der Waals surface area contributed by atoms with Crippen LogP contribution in [0.15, 0.2) is 59.1 Å². The van der Waals surface area contributed by atoms with Crippen molar-refractivity contribution in [2.45, 2.75) is 31.6 Å². The van der Waals surface area contributed by atoms with Crippen LogP contribution in [0.1, 0.15) is 36.4 Å². The van der Waals surface area contributed by atoms with Gasteiger partial charge in [0.05, 0.1) is 6.42 Å². The first-order valence-corrected chi connectivity index (χ1v) is 8.97. The van der Waals surface area contributed by atoms with E-state index in [4.69, 9.17) is 4.52 Å². The zero-order valence-electron chi connectivity index (χ0n) is 14.2. The van der Waals surface area contributed by atoms with Crippen LogP contribution in [0.2, 0.25) is 0 Å². The number of benzene rings is 2. The number of para-hydroxylation sites is 1. The minimum Gasteiger partial charge on any atom is -0.356 e. The first-order chi connectivity index (χ1) is 12.3. The fourth-order valence-electron chi connectivity index (χ4n) is 3.69. The number of nitrogens with zero attached hydrogens (tertiary/aromatic N) is 2. The smallest absolute Gasteiger partial charge is 0.228 e. The summed E-state index contributed by atoms with van der Waals surface area (Å²) in [5, 5.41) is 5.04. The third-order valence-corrected chi connectivity index (χ3v) is 5.07. The summed E-state index contributed by atoms with van der Waals surface area (Å²) in [6, 6.07) is 18.2. The Bertz CT molecular complexity index is 856. The molecule has 1 atom stereocenters. The summed E-state index contributed by atoms with van der Waals surface area (Å²) in [7, 11) is 0.